The monoisotopic (exact) mass is 292 g/mol. The molecular formula is C16H24N2O3. The normalized spacial score (nSPS) is 19.5. The lowest BCUT2D eigenvalue weighted by Crippen LogP contribution is -2.38. The summed E-state index contributed by atoms with van der Waals surface area (Å²) in [5.41, 5.74) is 5.72. The van der Waals surface area contributed by atoms with E-state index < -0.39 is 0 Å². The molecule has 5 heteroatoms. The van der Waals surface area contributed by atoms with Crippen molar-refractivity contribution in [2.45, 2.75) is 12.8 Å². The highest BCUT2D eigenvalue weighted by Gasteiger charge is 2.19. The number of para-hydroxylation sites is 1. The summed E-state index contributed by atoms with van der Waals surface area (Å²) in [6.45, 7) is 5.87. The summed E-state index contributed by atoms with van der Waals surface area (Å²) < 4.78 is 17.1. The zero-order valence-corrected chi connectivity index (χ0v) is 12.4. The van der Waals surface area contributed by atoms with E-state index in [1.54, 1.807) is 0 Å². The number of nitrogens with two attached hydrogens (primary N) is 1. The lowest BCUT2D eigenvalue weighted by atomic mass is 9.97. The lowest BCUT2D eigenvalue weighted by molar-refractivity contribution is 0.143. The SMILES string of the molecule is NCC1CCN(CCOc2cccc3c2OCCO3)CC1. The second-order valence-electron chi connectivity index (χ2n) is 5.65. The molecule has 1 fully saturated rings. The van der Waals surface area contributed by atoms with Crippen LogP contribution in [0.25, 0.3) is 0 Å². The van der Waals surface area contributed by atoms with Crippen LogP contribution in [0.1, 0.15) is 12.8 Å². The second kappa shape index (κ2) is 7.00. The molecule has 1 saturated heterocycles. The van der Waals surface area contributed by atoms with E-state index in [2.05, 4.69) is 4.90 Å². The van der Waals surface area contributed by atoms with E-state index in [9.17, 15) is 0 Å². The lowest BCUT2D eigenvalue weighted by Gasteiger charge is -2.31. The standard InChI is InChI=1S/C16H24N2O3/c17-12-13-4-6-18(7-5-13)8-9-19-14-2-1-3-15-16(14)21-11-10-20-15/h1-3,13H,4-12,17H2. The van der Waals surface area contributed by atoms with Crippen molar-refractivity contribution in [1.82, 2.24) is 4.90 Å². The van der Waals surface area contributed by atoms with Gasteiger partial charge < -0.3 is 19.9 Å². The zero-order chi connectivity index (χ0) is 14.5. The molecule has 3 rings (SSSR count). The molecule has 2 aliphatic heterocycles. The predicted octanol–water partition coefficient (Wildman–Crippen LogP) is 1.51. The zero-order valence-electron chi connectivity index (χ0n) is 12.4. The first-order valence-electron chi connectivity index (χ1n) is 7.80. The largest absolute Gasteiger partial charge is 0.488 e. The van der Waals surface area contributed by atoms with Crippen molar-refractivity contribution in [2.75, 3.05) is 46.0 Å². The highest BCUT2D eigenvalue weighted by molar-refractivity contribution is 5.51. The van der Waals surface area contributed by atoms with Gasteiger partial charge in [-0.25, -0.2) is 0 Å². The van der Waals surface area contributed by atoms with Crippen molar-refractivity contribution >= 4 is 0 Å². The molecule has 0 aliphatic carbocycles. The number of fused-ring (bicyclic) bond motifs is 1. The van der Waals surface area contributed by atoms with Crippen molar-refractivity contribution in [3.63, 3.8) is 0 Å². The molecule has 0 atom stereocenters. The van der Waals surface area contributed by atoms with Gasteiger partial charge in [0.25, 0.3) is 0 Å². The molecule has 116 valence electrons. The van der Waals surface area contributed by atoms with E-state index in [0.29, 0.717) is 25.7 Å². The molecule has 0 spiro atoms. The van der Waals surface area contributed by atoms with Crippen LogP contribution < -0.4 is 19.9 Å². The van der Waals surface area contributed by atoms with Gasteiger partial charge in [0.1, 0.15) is 19.8 Å². The fraction of sp³-hybridized carbons (Fsp3) is 0.625. The van der Waals surface area contributed by atoms with Gasteiger partial charge in [0.05, 0.1) is 0 Å². The van der Waals surface area contributed by atoms with Gasteiger partial charge in [-0.15, -0.1) is 0 Å². The van der Waals surface area contributed by atoms with Crippen LogP contribution in [0.3, 0.4) is 0 Å². The second-order valence-corrected chi connectivity index (χ2v) is 5.65. The molecule has 0 bridgehead atoms. The first-order chi connectivity index (χ1) is 10.4. The Bertz CT molecular complexity index is 459. The van der Waals surface area contributed by atoms with E-state index >= 15 is 0 Å². The van der Waals surface area contributed by atoms with Crippen LogP contribution >= 0.6 is 0 Å². The van der Waals surface area contributed by atoms with E-state index in [0.717, 1.165) is 43.4 Å². The smallest absolute Gasteiger partial charge is 0.203 e. The Morgan fingerprint density at radius 1 is 1.19 bits per heavy atom. The van der Waals surface area contributed by atoms with E-state index in [1.165, 1.54) is 12.8 Å². The van der Waals surface area contributed by atoms with Gasteiger partial charge in [0.15, 0.2) is 11.5 Å². The van der Waals surface area contributed by atoms with Crippen LogP contribution in [0.4, 0.5) is 0 Å². The van der Waals surface area contributed by atoms with Crippen LogP contribution in [-0.2, 0) is 0 Å². The number of hydrogen-bond donors (Lipinski definition) is 1. The maximum absolute atomic E-state index is 5.89. The average molecular weight is 292 g/mol. The quantitative estimate of drug-likeness (QED) is 0.891. The van der Waals surface area contributed by atoms with Gasteiger partial charge in [-0.3, -0.25) is 4.90 Å². The molecule has 5 nitrogen and oxygen atoms in total. The Morgan fingerprint density at radius 3 is 2.81 bits per heavy atom. The number of benzene rings is 1. The van der Waals surface area contributed by atoms with Gasteiger partial charge in [-0.2, -0.15) is 0 Å². The van der Waals surface area contributed by atoms with E-state index in [-0.39, 0.29) is 0 Å². The van der Waals surface area contributed by atoms with Crippen LogP contribution in [-0.4, -0.2) is 50.9 Å². The number of nitrogens with zero attached hydrogens (tertiary/aromatic N) is 1. The number of ether oxygens (including phenoxy) is 3. The molecule has 0 radical (unpaired) electrons. The van der Waals surface area contributed by atoms with E-state index in [1.807, 2.05) is 18.2 Å². The van der Waals surface area contributed by atoms with Crippen molar-refractivity contribution in [2.24, 2.45) is 11.7 Å². The third-order valence-corrected chi connectivity index (χ3v) is 4.24. The Hall–Kier alpha value is -1.46. The van der Waals surface area contributed by atoms with Crippen molar-refractivity contribution in [1.29, 1.82) is 0 Å². The minimum absolute atomic E-state index is 0.583. The van der Waals surface area contributed by atoms with Crippen LogP contribution in [0.2, 0.25) is 0 Å². The molecule has 2 aliphatic rings. The molecule has 0 saturated carbocycles. The van der Waals surface area contributed by atoms with Crippen LogP contribution in [0.5, 0.6) is 17.2 Å². The van der Waals surface area contributed by atoms with Gasteiger partial charge in [-0.1, -0.05) is 6.07 Å². The molecule has 1 aromatic carbocycles. The summed E-state index contributed by atoms with van der Waals surface area (Å²) in [7, 11) is 0. The van der Waals surface area contributed by atoms with Gasteiger partial charge >= 0.3 is 0 Å². The molecule has 0 aromatic heterocycles. The summed E-state index contributed by atoms with van der Waals surface area (Å²) in [4.78, 5) is 2.44. The maximum Gasteiger partial charge on any atom is 0.203 e. The summed E-state index contributed by atoms with van der Waals surface area (Å²) in [6.07, 6.45) is 2.41. The molecule has 2 N–H and O–H groups in total. The Balaban J connectivity index is 1.48. The highest BCUT2D eigenvalue weighted by Crippen LogP contribution is 2.38. The van der Waals surface area contributed by atoms with Crippen LogP contribution in [0, 0.1) is 5.92 Å². The van der Waals surface area contributed by atoms with Crippen LogP contribution in [0.15, 0.2) is 18.2 Å². The summed E-state index contributed by atoms with van der Waals surface area (Å²) in [5, 5.41) is 0. The predicted molar refractivity (Wildman–Crippen MR) is 81.1 cm³/mol. The molecular weight excluding hydrogens is 268 g/mol. The maximum atomic E-state index is 5.89. The van der Waals surface area contributed by atoms with Crippen molar-refractivity contribution in [3.8, 4) is 17.2 Å². The van der Waals surface area contributed by atoms with Gasteiger partial charge in [0.2, 0.25) is 5.75 Å². The first kappa shape index (κ1) is 14.5. The highest BCUT2D eigenvalue weighted by atomic mass is 16.6. The summed E-state index contributed by atoms with van der Waals surface area (Å²) in [5.74, 6) is 3.01. The van der Waals surface area contributed by atoms with Gasteiger partial charge in [-0.05, 0) is 50.5 Å². The Kier molecular flexibility index (Phi) is 4.83. The van der Waals surface area contributed by atoms with Crippen molar-refractivity contribution in [3.05, 3.63) is 18.2 Å². The Morgan fingerprint density at radius 2 is 2.00 bits per heavy atom. The average Bonchev–Trinajstić information content (AvgIpc) is 2.56. The number of rotatable bonds is 5. The first-order valence-corrected chi connectivity index (χ1v) is 7.80. The summed E-state index contributed by atoms with van der Waals surface area (Å²) in [6, 6.07) is 5.79. The Labute approximate surface area is 126 Å². The topological polar surface area (TPSA) is 57.0 Å². The molecule has 0 unspecified atom stereocenters. The summed E-state index contributed by atoms with van der Waals surface area (Å²) >= 11 is 0. The number of hydrogen-bond acceptors (Lipinski definition) is 5. The minimum Gasteiger partial charge on any atom is -0.488 e. The minimum atomic E-state index is 0.583. The van der Waals surface area contributed by atoms with Crippen molar-refractivity contribution < 1.29 is 14.2 Å². The third kappa shape index (κ3) is 3.60. The third-order valence-electron chi connectivity index (χ3n) is 4.24. The van der Waals surface area contributed by atoms with E-state index in [4.69, 9.17) is 19.9 Å². The fourth-order valence-corrected chi connectivity index (χ4v) is 2.89. The molecule has 1 aromatic rings. The van der Waals surface area contributed by atoms with Gasteiger partial charge in [0, 0.05) is 6.54 Å². The molecule has 0 amide bonds. The molecule has 2 heterocycles. The number of likely N-dealkylation sites (tertiary alicyclic amines) is 1. The fourth-order valence-electron chi connectivity index (χ4n) is 2.89. The number of piperidine rings is 1. The molecule has 21 heavy (non-hydrogen) atoms.